The largest absolute Gasteiger partial charge is 0.390 e. The topological polar surface area (TPSA) is 36.4 Å². The minimum atomic E-state index is 0.000866. The first-order chi connectivity index (χ1) is 7.69. The van der Waals surface area contributed by atoms with Gasteiger partial charge in [-0.3, -0.25) is 4.98 Å². The van der Waals surface area contributed by atoms with E-state index in [1.807, 2.05) is 23.9 Å². The standard InChI is InChI=1S/C12H20N2OS/c1-10(5-7-16-3)14(2)12-4-6-13-11(8-12)9-15/h4,6,8,10,15H,5,7,9H2,1-3H3. The Morgan fingerprint density at radius 1 is 1.56 bits per heavy atom. The highest BCUT2D eigenvalue weighted by Crippen LogP contribution is 2.17. The highest BCUT2D eigenvalue weighted by Gasteiger charge is 2.10. The molecule has 0 fully saturated rings. The van der Waals surface area contributed by atoms with Crippen LogP contribution in [0.2, 0.25) is 0 Å². The quantitative estimate of drug-likeness (QED) is 0.826. The van der Waals surface area contributed by atoms with Crippen LogP contribution in [0.5, 0.6) is 0 Å². The maximum Gasteiger partial charge on any atom is 0.0853 e. The third kappa shape index (κ3) is 3.68. The summed E-state index contributed by atoms with van der Waals surface area (Å²) in [7, 11) is 2.08. The Balaban J connectivity index is 2.67. The number of aliphatic hydroxyl groups excluding tert-OH is 1. The summed E-state index contributed by atoms with van der Waals surface area (Å²) < 4.78 is 0. The second-order valence-electron chi connectivity index (χ2n) is 3.90. The van der Waals surface area contributed by atoms with Crippen molar-refractivity contribution in [3.8, 4) is 0 Å². The van der Waals surface area contributed by atoms with Gasteiger partial charge in [0.2, 0.25) is 0 Å². The molecule has 0 aromatic carbocycles. The summed E-state index contributed by atoms with van der Waals surface area (Å²) in [6.07, 6.45) is 5.04. The van der Waals surface area contributed by atoms with E-state index in [9.17, 15) is 0 Å². The van der Waals surface area contributed by atoms with Crippen molar-refractivity contribution in [2.45, 2.75) is 26.0 Å². The van der Waals surface area contributed by atoms with E-state index in [0.29, 0.717) is 6.04 Å². The van der Waals surface area contributed by atoms with Crippen LogP contribution in [-0.2, 0) is 6.61 Å². The van der Waals surface area contributed by atoms with Crippen LogP contribution in [0.1, 0.15) is 19.0 Å². The molecule has 4 heteroatoms. The molecule has 1 aromatic heterocycles. The first kappa shape index (κ1) is 13.3. The number of nitrogens with zero attached hydrogens (tertiary/aromatic N) is 2. The molecule has 0 bridgehead atoms. The molecule has 0 saturated carbocycles. The van der Waals surface area contributed by atoms with Gasteiger partial charge in [0.15, 0.2) is 0 Å². The Bertz CT molecular complexity index is 320. The lowest BCUT2D eigenvalue weighted by Crippen LogP contribution is -2.29. The van der Waals surface area contributed by atoms with E-state index in [2.05, 4.69) is 30.1 Å². The maximum atomic E-state index is 9.04. The van der Waals surface area contributed by atoms with E-state index in [0.717, 1.165) is 17.8 Å². The van der Waals surface area contributed by atoms with Gasteiger partial charge >= 0.3 is 0 Å². The van der Waals surface area contributed by atoms with Crippen LogP contribution in [0.3, 0.4) is 0 Å². The van der Waals surface area contributed by atoms with Crippen LogP contribution in [0.15, 0.2) is 18.3 Å². The molecule has 1 aromatic rings. The Morgan fingerprint density at radius 2 is 2.31 bits per heavy atom. The summed E-state index contributed by atoms with van der Waals surface area (Å²) in [5.74, 6) is 1.17. The number of rotatable bonds is 6. The molecule has 16 heavy (non-hydrogen) atoms. The van der Waals surface area contributed by atoms with Crippen LogP contribution < -0.4 is 4.90 Å². The molecule has 1 N–H and O–H groups in total. The molecule has 1 atom stereocenters. The molecule has 0 spiro atoms. The van der Waals surface area contributed by atoms with E-state index < -0.39 is 0 Å². The molecular formula is C12H20N2OS. The molecule has 0 amide bonds. The van der Waals surface area contributed by atoms with Gasteiger partial charge in [-0.25, -0.2) is 0 Å². The molecule has 0 aliphatic rings. The fraction of sp³-hybridized carbons (Fsp3) is 0.583. The second-order valence-corrected chi connectivity index (χ2v) is 4.89. The molecular weight excluding hydrogens is 220 g/mol. The molecule has 1 heterocycles. The number of anilines is 1. The van der Waals surface area contributed by atoms with Crippen LogP contribution in [0.4, 0.5) is 5.69 Å². The number of thioether (sulfide) groups is 1. The van der Waals surface area contributed by atoms with Crippen molar-refractivity contribution < 1.29 is 5.11 Å². The van der Waals surface area contributed by atoms with E-state index in [-0.39, 0.29) is 6.61 Å². The molecule has 1 rings (SSSR count). The van der Waals surface area contributed by atoms with Crippen molar-refractivity contribution in [1.29, 1.82) is 0 Å². The number of aromatic nitrogens is 1. The van der Waals surface area contributed by atoms with Gasteiger partial charge in [-0.2, -0.15) is 11.8 Å². The summed E-state index contributed by atoms with van der Waals surface area (Å²) in [4.78, 5) is 6.31. The van der Waals surface area contributed by atoms with Gasteiger partial charge in [-0.15, -0.1) is 0 Å². The molecule has 1 unspecified atom stereocenters. The third-order valence-electron chi connectivity index (χ3n) is 2.77. The Morgan fingerprint density at radius 3 is 2.94 bits per heavy atom. The lowest BCUT2D eigenvalue weighted by atomic mass is 10.2. The van der Waals surface area contributed by atoms with Gasteiger partial charge in [0.05, 0.1) is 12.3 Å². The molecule has 3 nitrogen and oxygen atoms in total. The Labute approximate surface area is 102 Å². The number of hydrogen-bond acceptors (Lipinski definition) is 4. The van der Waals surface area contributed by atoms with Crippen molar-refractivity contribution in [1.82, 2.24) is 4.98 Å². The van der Waals surface area contributed by atoms with Gasteiger partial charge < -0.3 is 10.0 Å². The summed E-state index contributed by atoms with van der Waals surface area (Å²) in [6, 6.07) is 4.42. The van der Waals surface area contributed by atoms with Crippen LogP contribution in [0, 0.1) is 0 Å². The number of pyridine rings is 1. The minimum absolute atomic E-state index is 0.000866. The summed E-state index contributed by atoms with van der Waals surface area (Å²) in [5, 5.41) is 9.04. The lowest BCUT2D eigenvalue weighted by Gasteiger charge is -2.27. The molecule has 0 saturated heterocycles. The predicted octanol–water partition coefficient (Wildman–Crippen LogP) is 2.15. The SMILES string of the molecule is CSCCC(C)N(C)c1ccnc(CO)c1. The van der Waals surface area contributed by atoms with Crippen molar-refractivity contribution in [2.24, 2.45) is 0 Å². The van der Waals surface area contributed by atoms with Crippen molar-refractivity contribution in [2.75, 3.05) is 24.0 Å². The van der Waals surface area contributed by atoms with Gasteiger partial charge in [-0.1, -0.05) is 0 Å². The molecule has 0 radical (unpaired) electrons. The molecule has 0 aliphatic carbocycles. The zero-order valence-electron chi connectivity index (χ0n) is 10.2. The first-order valence-electron chi connectivity index (χ1n) is 5.46. The van der Waals surface area contributed by atoms with Crippen molar-refractivity contribution in [3.05, 3.63) is 24.0 Å². The Kier molecular flexibility index (Phi) is 5.63. The van der Waals surface area contributed by atoms with Crippen LogP contribution in [-0.4, -0.2) is 35.2 Å². The zero-order chi connectivity index (χ0) is 12.0. The molecule has 90 valence electrons. The minimum Gasteiger partial charge on any atom is -0.390 e. The lowest BCUT2D eigenvalue weighted by molar-refractivity contribution is 0.277. The Hall–Kier alpha value is -0.740. The normalized spacial score (nSPS) is 12.5. The summed E-state index contributed by atoms with van der Waals surface area (Å²) in [6.45, 7) is 2.22. The van der Waals surface area contributed by atoms with Gasteiger partial charge in [0.1, 0.15) is 0 Å². The summed E-state index contributed by atoms with van der Waals surface area (Å²) >= 11 is 1.87. The highest BCUT2D eigenvalue weighted by atomic mass is 32.2. The van der Waals surface area contributed by atoms with E-state index in [1.54, 1.807) is 6.20 Å². The smallest absolute Gasteiger partial charge is 0.0853 e. The van der Waals surface area contributed by atoms with E-state index >= 15 is 0 Å². The fourth-order valence-corrected chi connectivity index (χ4v) is 2.08. The first-order valence-corrected chi connectivity index (χ1v) is 6.86. The van der Waals surface area contributed by atoms with Gasteiger partial charge in [0, 0.05) is 25.0 Å². The van der Waals surface area contributed by atoms with Gasteiger partial charge in [-0.05, 0) is 37.5 Å². The van der Waals surface area contributed by atoms with E-state index in [4.69, 9.17) is 5.11 Å². The van der Waals surface area contributed by atoms with E-state index in [1.165, 1.54) is 5.75 Å². The third-order valence-corrected chi connectivity index (χ3v) is 3.41. The average Bonchev–Trinajstić information content (AvgIpc) is 2.35. The predicted molar refractivity (Wildman–Crippen MR) is 71.0 cm³/mol. The average molecular weight is 240 g/mol. The highest BCUT2D eigenvalue weighted by molar-refractivity contribution is 7.98. The monoisotopic (exact) mass is 240 g/mol. The maximum absolute atomic E-state index is 9.04. The van der Waals surface area contributed by atoms with Crippen molar-refractivity contribution >= 4 is 17.4 Å². The number of aliphatic hydroxyl groups is 1. The number of hydrogen-bond donors (Lipinski definition) is 1. The van der Waals surface area contributed by atoms with Crippen molar-refractivity contribution in [3.63, 3.8) is 0 Å². The van der Waals surface area contributed by atoms with Gasteiger partial charge in [0.25, 0.3) is 0 Å². The zero-order valence-corrected chi connectivity index (χ0v) is 11.0. The van der Waals surface area contributed by atoms with Crippen LogP contribution >= 0.6 is 11.8 Å². The second kappa shape index (κ2) is 6.76. The fourth-order valence-electron chi connectivity index (χ4n) is 1.51. The summed E-state index contributed by atoms with van der Waals surface area (Å²) in [5.41, 5.74) is 1.84. The van der Waals surface area contributed by atoms with Crippen LogP contribution in [0.25, 0.3) is 0 Å². The molecule has 0 aliphatic heterocycles.